The van der Waals surface area contributed by atoms with Gasteiger partial charge in [0.25, 0.3) is 0 Å². The molecule has 148 valence electrons. The molecule has 0 radical (unpaired) electrons. The Morgan fingerprint density at radius 1 is 1.41 bits per heavy atom. The number of carbonyl (C=O) groups excluding carboxylic acids is 2. The summed E-state index contributed by atoms with van der Waals surface area (Å²) < 4.78 is 19.8. The number of halogens is 2. The number of amides is 2. The van der Waals surface area contributed by atoms with E-state index in [9.17, 15) is 14.0 Å². The highest BCUT2D eigenvalue weighted by Crippen LogP contribution is 2.19. The van der Waals surface area contributed by atoms with Crippen LogP contribution in [0.4, 0.5) is 9.18 Å². The molecule has 1 aliphatic heterocycles. The third-order valence-electron chi connectivity index (χ3n) is 4.11. The Hall–Kier alpha value is -1.89. The van der Waals surface area contributed by atoms with E-state index in [1.807, 2.05) is 20.8 Å². The highest BCUT2D eigenvalue weighted by Gasteiger charge is 2.27. The number of carbonyl (C=O) groups is 2. The van der Waals surface area contributed by atoms with Gasteiger partial charge in [-0.25, -0.2) is 9.18 Å². The Kier molecular flexibility index (Phi) is 7.41. The summed E-state index contributed by atoms with van der Waals surface area (Å²) >= 11 is 3.28. The molecule has 1 atom stereocenters. The van der Waals surface area contributed by atoms with Crippen molar-refractivity contribution in [2.45, 2.75) is 39.2 Å². The van der Waals surface area contributed by atoms with Gasteiger partial charge in [0, 0.05) is 35.7 Å². The molecular formula is C20H26BrFN2O3. The normalized spacial score (nSPS) is 17.8. The van der Waals surface area contributed by atoms with Crippen molar-refractivity contribution in [1.82, 2.24) is 10.2 Å². The first-order valence-corrected chi connectivity index (χ1v) is 9.82. The summed E-state index contributed by atoms with van der Waals surface area (Å²) in [5.41, 5.74) is -0.182. The SMILES string of the molecule is CC(C)(C)OC(=O)N1CCCC(CNC(=O)C=Cc2cc(Br)ccc2F)C1. The van der Waals surface area contributed by atoms with Gasteiger partial charge in [-0.3, -0.25) is 4.79 Å². The third kappa shape index (κ3) is 7.33. The van der Waals surface area contributed by atoms with E-state index >= 15 is 0 Å². The van der Waals surface area contributed by atoms with Gasteiger partial charge in [0.2, 0.25) is 5.91 Å². The number of rotatable bonds is 4. The lowest BCUT2D eigenvalue weighted by atomic mass is 9.98. The molecule has 2 rings (SSSR count). The van der Waals surface area contributed by atoms with Crippen LogP contribution in [0.25, 0.3) is 6.08 Å². The molecule has 1 fully saturated rings. The summed E-state index contributed by atoms with van der Waals surface area (Å²) in [6.45, 7) is 7.21. The molecule has 1 N–H and O–H groups in total. The summed E-state index contributed by atoms with van der Waals surface area (Å²) in [4.78, 5) is 25.9. The third-order valence-corrected chi connectivity index (χ3v) is 4.60. The fraction of sp³-hybridized carbons (Fsp3) is 0.500. The molecule has 0 spiro atoms. The zero-order chi connectivity index (χ0) is 20.0. The molecule has 0 aliphatic carbocycles. The number of ether oxygens (including phenoxy) is 1. The van der Waals surface area contributed by atoms with Gasteiger partial charge in [0.15, 0.2) is 0 Å². The smallest absolute Gasteiger partial charge is 0.410 e. The van der Waals surface area contributed by atoms with E-state index in [1.165, 1.54) is 18.2 Å². The summed E-state index contributed by atoms with van der Waals surface area (Å²) in [6, 6.07) is 4.56. The van der Waals surface area contributed by atoms with E-state index in [1.54, 1.807) is 17.0 Å². The number of likely N-dealkylation sites (tertiary alicyclic amines) is 1. The van der Waals surface area contributed by atoms with E-state index in [0.29, 0.717) is 25.2 Å². The fourth-order valence-electron chi connectivity index (χ4n) is 2.84. The molecule has 1 aromatic rings. The zero-order valence-corrected chi connectivity index (χ0v) is 17.5. The minimum Gasteiger partial charge on any atom is -0.444 e. The van der Waals surface area contributed by atoms with Crippen LogP contribution in [0.1, 0.15) is 39.2 Å². The van der Waals surface area contributed by atoms with Crippen molar-refractivity contribution in [2.24, 2.45) is 5.92 Å². The Morgan fingerprint density at radius 3 is 2.85 bits per heavy atom. The van der Waals surface area contributed by atoms with Crippen molar-refractivity contribution >= 4 is 34.0 Å². The van der Waals surface area contributed by atoms with Crippen LogP contribution >= 0.6 is 15.9 Å². The lowest BCUT2D eigenvalue weighted by molar-refractivity contribution is -0.116. The molecule has 1 aromatic carbocycles. The van der Waals surface area contributed by atoms with E-state index < -0.39 is 5.60 Å². The van der Waals surface area contributed by atoms with Gasteiger partial charge in [-0.2, -0.15) is 0 Å². The van der Waals surface area contributed by atoms with Crippen LogP contribution in [0.5, 0.6) is 0 Å². The number of benzene rings is 1. The predicted octanol–water partition coefficient (Wildman–Crippen LogP) is 4.36. The lowest BCUT2D eigenvalue weighted by Gasteiger charge is -2.34. The maximum atomic E-state index is 13.7. The van der Waals surface area contributed by atoms with Gasteiger partial charge in [-0.1, -0.05) is 15.9 Å². The van der Waals surface area contributed by atoms with Crippen molar-refractivity contribution in [3.8, 4) is 0 Å². The maximum Gasteiger partial charge on any atom is 0.410 e. The number of nitrogens with zero attached hydrogens (tertiary/aromatic N) is 1. The van der Waals surface area contributed by atoms with Crippen LogP contribution in [0.15, 0.2) is 28.7 Å². The van der Waals surface area contributed by atoms with Crippen LogP contribution in [-0.4, -0.2) is 42.1 Å². The quantitative estimate of drug-likeness (QED) is 0.707. The van der Waals surface area contributed by atoms with Gasteiger partial charge in [0.05, 0.1) is 0 Å². The van der Waals surface area contributed by atoms with E-state index in [4.69, 9.17) is 4.74 Å². The summed E-state index contributed by atoms with van der Waals surface area (Å²) in [7, 11) is 0. The minimum atomic E-state index is -0.523. The summed E-state index contributed by atoms with van der Waals surface area (Å²) in [6.07, 6.45) is 4.26. The topological polar surface area (TPSA) is 58.6 Å². The highest BCUT2D eigenvalue weighted by atomic mass is 79.9. The largest absolute Gasteiger partial charge is 0.444 e. The Morgan fingerprint density at radius 2 is 2.15 bits per heavy atom. The first-order chi connectivity index (χ1) is 12.6. The molecule has 1 saturated heterocycles. The first kappa shape index (κ1) is 21.4. The second kappa shape index (κ2) is 9.35. The molecule has 2 amide bonds. The minimum absolute atomic E-state index is 0.172. The zero-order valence-electron chi connectivity index (χ0n) is 15.9. The molecule has 1 unspecified atom stereocenters. The average Bonchev–Trinajstić information content (AvgIpc) is 2.59. The first-order valence-electron chi connectivity index (χ1n) is 9.03. The van der Waals surface area contributed by atoms with Crippen LogP contribution in [0.2, 0.25) is 0 Å². The van der Waals surface area contributed by atoms with Crippen LogP contribution in [0.3, 0.4) is 0 Å². The molecular weight excluding hydrogens is 415 g/mol. The molecule has 0 aromatic heterocycles. The van der Waals surface area contributed by atoms with Crippen molar-refractivity contribution in [1.29, 1.82) is 0 Å². The highest BCUT2D eigenvalue weighted by molar-refractivity contribution is 9.10. The summed E-state index contributed by atoms with van der Waals surface area (Å²) in [5, 5.41) is 2.83. The number of hydrogen-bond acceptors (Lipinski definition) is 3. The van der Waals surface area contributed by atoms with E-state index in [-0.39, 0.29) is 23.7 Å². The van der Waals surface area contributed by atoms with Crippen molar-refractivity contribution < 1.29 is 18.7 Å². The number of hydrogen-bond donors (Lipinski definition) is 1. The fourth-order valence-corrected chi connectivity index (χ4v) is 3.21. The second-order valence-corrected chi connectivity index (χ2v) is 8.59. The molecule has 0 bridgehead atoms. The van der Waals surface area contributed by atoms with Crippen molar-refractivity contribution in [3.05, 3.63) is 40.1 Å². The lowest BCUT2D eigenvalue weighted by Crippen LogP contribution is -2.45. The van der Waals surface area contributed by atoms with Crippen LogP contribution < -0.4 is 5.32 Å². The predicted molar refractivity (Wildman–Crippen MR) is 107 cm³/mol. The van der Waals surface area contributed by atoms with Gasteiger partial charge in [0.1, 0.15) is 11.4 Å². The average molecular weight is 441 g/mol. The Balaban J connectivity index is 1.83. The molecule has 0 saturated carbocycles. The maximum absolute atomic E-state index is 13.7. The van der Waals surface area contributed by atoms with Crippen molar-refractivity contribution in [3.63, 3.8) is 0 Å². The van der Waals surface area contributed by atoms with E-state index in [0.717, 1.165) is 17.3 Å². The molecule has 1 heterocycles. The van der Waals surface area contributed by atoms with Crippen molar-refractivity contribution in [2.75, 3.05) is 19.6 Å². The number of piperidine rings is 1. The van der Waals surface area contributed by atoms with Gasteiger partial charge < -0.3 is 15.0 Å². The monoisotopic (exact) mass is 440 g/mol. The number of nitrogens with one attached hydrogen (secondary N) is 1. The van der Waals surface area contributed by atoms with Gasteiger partial charge in [-0.15, -0.1) is 0 Å². The van der Waals surface area contributed by atoms with E-state index in [2.05, 4.69) is 21.2 Å². The Labute approximate surface area is 168 Å². The van der Waals surface area contributed by atoms with Crippen LogP contribution in [-0.2, 0) is 9.53 Å². The van der Waals surface area contributed by atoms with Gasteiger partial charge >= 0.3 is 6.09 Å². The summed E-state index contributed by atoms with van der Waals surface area (Å²) in [5.74, 6) is -0.502. The second-order valence-electron chi connectivity index (χ2n) is 7.68. The molecule has 7 heteroatoms. The molecule has 5 nitrogen and oxygen atoms in total. The molecule has 1 aliphatic rings. The Bertz CT molecular complexity index is 716. The molecule has 27 heavy (non-hydrogen) atoms. The standard InChI is InChI=1S/C20H26BrFN2O3/c1-20(2,3)27-19(26)24-10-4-5-14(13-24)12-23-18(25)9-6-15-11-16(21)7-8-17(15)22/h6-9,11,14H,4-5,10,12-13H2,1-3H3,(H,23,25). The van der Waals surface area contributed by atoms with Gasteiger partial charge in [-0.05, 0) is 63.8 Å². The van der Waals surface area contributed by atoms with Crippen LogP contribution in [0, 0.1) is 11.7 Å².